The van der Waals surface area contributed by atoms with Gasteiger partial charge in [-0.2, -0.15) is 15.8 Å². The zero-order valence-corrected chi connectivity index (χ0v) is 17.0. The minimum absolute atomic E-state index is 0.0285. The number of hydrogen-bond acceptors (Lipinski definition) is 6. The molecule has 0 aliphatic rings. The number of anilines is 2. The second-order valence-corrected chi connectivity index (χ2v) is 7.05. The highest BCUT2D eigenvalue weighted by atomic mass is 15.2. The van der Waals surface area contributed by atoms with E-state index in [0.29, 0.717) is 30.9 Å². The second-order valence-electron chi connectivity index (χ2n) is 7.05. The highest BCUT2D eigenvalue weighted by Gasteiger charge is 2.27. The van der Waals surface area contributed by atoms with Gasteiger partial charge in [0.1, 0.15) is 34.9 Å². The Morgan fingerprint density at radius 3 is 2.28 bits per heavy atom. The highest BCUT2D eigenvalue weighted by Crippen LogP contribution is 2.34. The monoisotopic (exact) mass is 384 g/mol. The zero-order chi connectivity index (χ0) is 21.6. The molecule has 0 amide bonds. The lowest BCUT2D eigenvalue weighted by Crippen LogP contribution is -2.28. The number of nitriles is 3. The molecule has 0 aliphatic carbocycles. The van der Waals surface area contributed by atoms with Crippen LogP contribution in [0.3, 0.4) is 0 Å². The first kappa shape index (κ1) is 21.5. The van der Waals surface area contributed by atoms with Crippen LogP contribution < -0.4 is 10.6 Å². The van der Waals surface area contributed by atoms with E-state index in [1.54, 1.807) is 0 Å². The van der Waals surface area contributed by atoms with Gasteiger partial charge >= 0.3 is 0 Å². The maximum atomic E-state index is 9.94. The average Bonchev–Trinajstić information content (AvgIpc) is 2.70. The van der Waals surface area contributed by atoms with Crippen LogP contribution in [0.15, 0.2) is 36.4 Å². The van der Waals surface area contributed by atoms with Gasteiger partial charge < -0.3 is 10.6 Å². The normalized spacial score (nSPS) is 11.0. The number of nitrogen functional groups attached to an aromatic ring is 1. The van der Waals surface area contributed by atoms with Gasteiger partial charge in [0.2, 0.25) is 0 Å². The molecule has 0 saturated heterocycles. The average molecular weight is 384 g/mol. The highest BCUT2D eigenvalue weighted by molar-refractivity contribution is 5.70. The summed E-state index contributed by atoms with van der Waals surface area (Å²) in [4.78, 5) is 6.22. The van der Waals surface area contributed by atoms with Crippen molar-refractivity contribution in [2.24, 2.45) is 0 Å². The summed E-state index contributed by atoms with van der Waals surface area (Å²) in [7, 11) is 0. The maximum absolute atomic E-state index is 9.94. The lowest BCUT2D eigenvalue weighted by Gasteiger charge is -2.26. The third kappa shape index (κ3) is 4.72. The Balaban J connectivity index is 2.68. The van der Waals surface area contributed by atoms with E-state index in [9.17, 15) is 15.8 Å². The van der Waals surface area contributed by atoms with Crippen LogP contribution in [0.5, 0.6) is 0 Å². The smallest absolute Gasteiger partial charge is 0.149 e. The molecule has 0 spiro atoms. The minimum Gasteiger partial charge on any atom is -0.383 e. The molecule has 146 valence electrons. The van der Waals surface area contributed by atoms with Crippen molar-refractivity contribution in [1.29, 1.82) is 15.8 Å². The zero-order valence-electron chi connectivity index (χ0n) is 17.0. The van der Waals surface area contributed by atoms with Crippen LogP contribution in [0.4, 0.5) is 11.6 Å². The lowest BCUT2D eigenvalue weighted by atomic mass is 9.87. The summed E-state index contributed by atoms with van der Waals surface area (Å²) in [5, 5.41) is 29.5. The van der Waals surface area contributed by atoms with E-state index >= 15 is 0 Å². The van der Waals surface area contributed by atoms with E-state index < -0.39 is 5.92 Å². The predicted molar refractivity (Wildman–Crippen MR) is 114 cm³/mol. The summed E-state index contributed by atoms with van der Waals surface area (Å²) in [5.41, 5.74) is 9.71. The summed E-state index contributed by atoms with van der Waals surface area (Å²) in [6, 6.07) is 14.3. The van der Waals surface area contributed by atoms with Gasteiger partial charge in [0, 0.05) is 18.7 Å². The summed E-state index contributed by atoms with van der Waals surface area (Å²) >= 11 is 0. The minimum atomic E-state index is -0.699. The fraction of sp³-hybridized carbons (Fsp3) is 0.304. The van der Waals surface area contributed by atoms with Gasteiger partial charge in [-0.1, -0.05) is 42.0 Å². The molecule has 0 saturated carbocycles. The molecule has 2 aromatic rings. The number of nitrogens with two attached hydrogens (primary N) is 1. The van der Waals surface area contributed by atoms with E-state index in [1.165, 1.54) is 0 Å². The number of rotatable bonds is 7. The Morgan fingerprint density at radius 1 is 1.17 bits per heavy atom. The van der Waals surface area contributed by atoms with Crippen molar-refractivity contribution in [3.63, 3.8) is 0 Å². The van der Waals surface area contributed by atoms with Crippen LogP contribution in [0.1, 0.15) is 47.6 Å². The quantitative estimate of drug-likeness (QED) is 0.723. The number of aryl methyl sites for hydroxylation is 1. The molecule has 1 heterocycles. The Bertz CT molecular complexity index is 1030. The molecule has 2 N–H and O–H groups in total. The third-order valence-electron chi connectivity index (χ3n) is 4.68. The molecule has 6 heteroatoms. The van der Waals surface area contributed by atoms with Gasteiger partial charge in [0.25, 0.3) is 0 Å². The summed E-state index contributed by atoms with van der Waals surface area (Å²) in [5.74, 6) is -0.288. The van der Waals surface area contributed by atoms with E-state index in [-0.39, 0.29) is 16.9 Å². The fourth-order valence-electron chi connectivity index (χ4n) is 3.25. The first-order chi connectivity index (χ1) is 13.9. The van der Waals surface area contributed by atoms with Crippen molar-refractivity contribution in [1.82, 2.24) is 4.98 Å². The van der Waals surface area contributed by atoms with Gasteiger partial charge in [-0.05, 0) is 32.8 Å². The molecule has 0 unspecified atom stereocenters. The van der Waals surface area contributed by atoms with Crippen LogP contribution in [-0.4, -0.2) is 18.1 Å². The molecule has 1 aromatic carbocycles. The number of benzene rings is 1. The summed E-state index contributed by atoms with van der Waals surface area (Å²) in [6.45, 7) is 10.8. The van der Waals surface area contributed by atoms with Crippen molar-refractivity contribution in [2.45, 2.75) is 33.1 Å². The van der Waals surface area contributed by atoms with Gasteiger partial charge in [-0.3, -0.25) is 0 Å². The van der Waals surface area contributed by atoms with Crippen LogP contribution in [0.25, 0.3) is 0 Å². The maximum Gasteiger partial charge on any atom is 0.149 e. The first-order valence-electron chi connectivity index (χ1n) is 9.34. The molecule has 0 radical (unpaired) electrons. The number of nitrogens with zero attached hydrogens (tertiary/aromatic N) is 5. The van der Waals surface area contributed by atoms with E-state index in [0.717, 1.165) is 16.7 Å². The summed E-state index contributed by atoms with van der Waals surface area (Å²) < 4.78 is 0. The Morgan fingerprint density at radius 2 is 1.79 bits per heavy atom. The second kappa shape index (κ2) is 9.40. The van der Waals surface area contributed by atoms with Crippen molar-refractivity contribution in [3.8, 4) is 18.2 Å². The van der Waals surface area contributed by atoms with E-state index in [1.807, 2.05) is 56.0 Å². The molecular weight excluding hydrogens is 360 g/mol. The van der Waals surface area contributed by atoms with E-state index in [4.69, 9.17) is 5.73 Å². The van der Waals surface area contributed by atoms with Crippen molar-refractivity contribution >= 4 is 11.6 Å². The van der Waals surface area contributed by atoms with Gasteiger partial charge in [0.15, 0.2) is 0 Å². The topological polar surface area (TPSA) is 114 Å². The van der Waals surface area contributed by atoms with E-state index in [2.05, 4.69) is 23.7 Å². The van der Waals surface area contributed by atoms with Crippen molar-refractivity contribution < 1.29 is 0 Å². The van der Waals surface area contributed by atoms with Crippen molar-refractivity contribution in [2.75, 3.05) is 23.7 Å². The number of likely N-dealkylation sites (N-methyl/N-ethyl adjacent to an activating group) is 1. The number of hydrogen-bond donors (Lipinski definition) is 1. The Labute approximate surface area is 172 Å². The third-order valence-corrected chi connectivity index (χ3v) is 4.68. The van der Waals surface area contributed by atoms with Gasteiger partial charge in [-0.25, -0.2) is 4.98 Å². The standard InChI is InChI=1S/C23H24N6/c1-5-29(14-15(2)3)23-20(13-26)21(19(12-25)22(27)28-23)18(11-24)10-17-8-6-16(4)7-9-17/h6-9,18H,2,5,10,14H2,1,3-4H3,(H2,27,28)/t18-/m1/s1. The van der Waals surface area contributed by atoms with Crippen LogP contribution in [0, 0.1) is 40.9 Å². The predicted octanol–water partition coefficient (Wildman–Crippen LogP) is 3.97. The van der Waals surface area contributed by atoms with Crippen LogP contribution in [-0.2, 0) is 6.42 Å². The molecule has 29 heavy (non-hydrogen) atoms. The molecule has 0 bridgehead atoms. The molecule has 1 atom stereocenters. The Hall–Kier alpha value is -3.82. The molecule has 6 nitrogen and oxygen atoms in total. The molecule has 0 aliphatic heterocycles. The molecular formula is C23H24N6. The largest absolute Gasteiger partial charge is 0.383 e. The first-order valence-corrected chi connectivity index (χ1v) is 9.34. The molecule has 0 fully saturated rings. The van der Waals surface area contributed by atoms with Crippen LogP contribution in [0.2, 0.25) is 0 Å². The Kier molecular flexibility index (Phi) is 6.96. The number of pyridine rings is 1. The lowest BCUT2D eigenvalue weighted by molar-refractivity contribution is 0.821. The van der Waals surface area contributed by atoms with Crippen molar-refractivity contribution in [3.05, 3.63) is 64.2 Å². The van der Waals surface area contributed by atoms with Gasteiger partial charge in [0.05, 0.1) is 12.0 Å². The molecule has 2 rings (SSSR count). The molecule has 1 aromatic heterocycles. The SMILES string of the molecule is C=C(C)CN(CC)c1nc(N)c(C#N)c([C@@H](C#N)Cc2ccc(C)cc2)c1C#N. The van der Waals surface area contributed by atoms with Gasteiger partial charge in [-0.15, -0.1) is 0 Å². The summed E-state index contributed by atoms with van der Waals surface area (Å²) in [6.07, 6.45) is 0.371. The van der Waals surface area contributed by atoms with Crippen LogP contribution >= 0.6 is 0 Å². The number of aromatic nitrogens is 1. The fourth-order valence-corrected chi connectivity index (χ4v) is 3.25.